The zero-order valence-corrected chi connectivity index (χ0v) is 23.1. The van der Waals surface area contributed by atoms with Crippen molar-refractivity contribution in [3.8, 4) is 22.6 Å². The molecule has 0 unspecified atom stereocenters. The normalized spacial score (nSPS) is 10.4. The number of carbonyl (C=O) groups excluding carboxylic acids is 2. The van der Waals surface area contributed by atoms with Gasteiger partial charge < -0.3 is 30.7 Å². The predicted molar refractivity (Wildman–Crippen MR) is 162 cm³/mol. The standard InChI is InChI=1S/C32H34N4O4/c1-5-21-9-7-11-25(17-21)33-31(37)35-27-15-13-23(19-29(27)39-3)24-14-16-28(30(20-24)40-4)36-32(38)34-26-12-8-10-22(6-2)18-26/h7-20H,5-6H2,1-4H3,(H2,33,35,37)(H2,34,36,38). The lowest BCUT2D eigenvalue weighted by atomic mass is 10.0. The first-order valence-corrected chi connectivity index (χ1v) is 13.1. The van der Waals surface area contributed by atoms with Crippen LogP contribution in [0.25, 0.3) is 11.1 Å². The molecule has 40 heavy (non-hydrogen) atoms. The summed E-state index contributed by atoms with van der Waals surface area (Å²) >= 11 is 0. The van der Waals surface area contributed by atoms with E-state index in [9.17, 15) is 9.59 Å². The van der Waals surface area contributed by atoms with E-state index < -0.39 is 0 Å². The maximum atomic E-state index is 12.6. The second-order valence-corrected chi connectivity index (χ2v) is 9.10. The van der Waals surface area contributed by atoms with Gasteiger partial charge in [0.15, 0.2) is 0 Å². The van der Waals surface area contributed by atoms with E-state index in [1.807, 2.05) is 72.8 Å². The van der Waals surface area contributed by atoms with Crippen molar-refractivity contribution in [2.45, 2.75) is 26.7 Å². The second kappa shape index (κ2) is 13.2. The fourth-order valence-electron chi connectivity index (χ4n) is 4.26. The minimum Gasteiger partial charge on any atom is -0.495 e. The van der Waals surface area contributed by atoms with Crippen LogP contribution < -0.4 is 30.7 Å². The summed E-state index contributed by atoms with van der Waals surface area (Å²) in [4.78, 5) is 25.3. The van der Waals surface area contributed by atoms with Gasteiger partial charge >= 0.3 is 12.1 Å². The first-order chi connectivity index (χ1) is 19.4. The van der Waals surface area contributed by atoms with Gasteiger partial charge in [-0.05, 0) is 83.6 Å². The monoisotopic (exact) mass is 538 g/mol. The van der Waals surface area contributed by atoms with Gasteiger partial charge in [-0.25, -0.2) is 9.59 Å². The van der Waals surface area contributed by atoms with Gasteiger partial charge in [0.05, 0.1) is 25.6 Å². The summed E-state index contributed by atoms with van der Waals surface area (Å²) in [5, 5.41) is 11.4. The molecular formula is C32H34N4O4. The average Bonchev–Trinajstić information content (AvgIpc) is 2.97. The number of nitrogens with one attached hydrogen (secondary N) is 4. The molecule has 0 radical (unpaired) electrons. The van der Waals surface area contributed by atoms with E-state index in [4.69, 9.17) is 9.47 Å². The van der Waals surface area contributed by atoms with Crippen molar-refractivity contribution >= 4 is 34.8 Å². The van der Waals surface area contributed by atoms with E-state index in [2.05, 4.69) is 35.1 Å². The summed E-state index contributed by atoms with van der Waals surface area (Å²) in [6.45, 7) is 4.13. The molecule has 0 saturated heterocycles. The number of aryl methyl sites for hydroxylation is 2. The fraction of sp³-hybridized carbons (Fsp3) is 0.188. The van der Waals surface area contributed by atoms with Crippen molar-refractivity contribution in [3.63, 3.8) is 0 Å². The molecule has 4 aromatic rings. The topological polar surface area (TPSA) is 101 Å². The third kappa shape index (κ3) is 7.11. The van der Waals surface area contributed by atoms with Gasteiger partial charge in [-0.15, -0.1) is 0 Å². The molecule has 4 aromatic carbocycles. The van der Waals surface area contributed by atoms with Gasteiger partial charge in [-0.3, -0.25) is 0 Å². The van der Waals surface area contributed by atoms with Crippen molar-refractivity contribution < 1.29 is 19.1 Å². The predicted octanol–water partition coefficient (Wildman–Crippen LogP) is 7.78. The molecule has 4 N–H and O–H groups in total. The zero-order chi connectivity index (χ0) is 28.5. The maximum Gasteiger partial charge on any atom is 0.323 e. The largest absolute Gasteiger partial charge is 0.495 e. The van der Waals surface area contributed by atoms with E-state index >= 15 is 0 Å². The first-order valence-electron chi connectivity index (χ1n) is 13.1. The summed E-state index contributed by atoms with van der Waals surface area (Å²) in [5.74, 6) is 1.01. The molecule has 0 aliphatic carbocycles. The molecule has 0 fully saturated rings. The molecule has 0 atom stereocenters. The quantitative estimate of drug-likeness (QED) is 0.175. The Kier molecular flexibility index (Phi) is 9.25. The fourth-order valence-corrected chi connectivity index (χ4v) is 4.26. The van der Waals surface area contributed by atoms with Crippen LogP contribution in [0.4, 0.5) is 32.3 Å². The lowest BCUT2D eigenvalue weighted by molar-refractivity contribution is 0.261. The van der Waals surface area contributed by atoms with Crippen LogP contribution in [0.5, 0.6) is 11.5 Å². The van der Waals surface area contributed by atoms with Crippen LogP contribution in [-0.4, -0.2) is 26.3 Å². The van der Waals surface area contributed by atoms with E-state index in [1.165, 1.54) is 0 Å². The number of hydrogen-bond donors (Lipinski definition) is 4. The van der Waals surface area contributed by atoms with Gasteiger partial charge in [0.1, 0.15) is 11.5 Å². The number of rotatable bonds is 9. The number of methoxy groups -OCH3 is 2. The molecule has 0 spiro atoms. The van der Waals surface area contributed by atoms with Gasteiger partial charge in [-0.1, -0.05) is 50.2 Å². The van der Waals surface area contributed by atoms with Crippen molar-refractivity contribution in [2.24, 2.45) is 0 Å². The number of anilines is 4. The summed E-state index contributed by atoms with van der Waals surface area (Å²) in [7, 11) is 3.10. The lowest BCUT2D eigenvalue weighted by Crippen LogP contribution is -2.20. The molecule has 4 rings (SSSR count). The van der Waals surface area contributed by atoms with Crippen LogP contribution in [0.3, 0.4) is 0 Å². The Balaban J connectivity index is 1.46. The summed E-state index contributed by atoms with van der Waals surface area (Å²) in [6.07, 6.45) is 1.77. The number of urea groups is 2. The lowest BCUT2D eigenvalue weighted by Gasteiger charge is -2.15. The number of carbonyl (C=O) groups is 2. The molecule has 0 aliphatic rings. The first kappa shape index (κ1) is 28.0. The molecule has 0 saturated carbocycles. The van der Waals surface area contributed by atoms with Crippen molar-refractivity contribution in [1.29, 1.82) is 0 Å². The highest BCUT2D eigenvalue weighted by atomic mass is 16.5. The Morgan fingerprint density at radius 2 is 1.00 bits per heavy atom. The Morgan fingerprint density at radius 1 is 0.575 bits per heavy atom. The summed E-state index contributed by atoms with van der Waals surface area (Å²) in [5.41, 5.74) is 6.48. The number of ether oxygens (including phenoxy) is 2. The molecule has 206 valence electrons. The van der Waals surface area contributed by atoms with Crippen molar-refractivity contribution in [1.82, 2.24) is 0 Å². The highest BCUT2D eigenvalue weighted by Gasteiger charge is 2.13. The Labute approximate surface area is 234 Å². The number of hydrogen-bond acceptors (Lipinski definition) is 4. The maximum absolute atomic E-state index is 12.6. The summed E-state index contributed by atoms with van der Waals surface area (Å²) < 4.78 is 11.1. The van der Waals surface area contributed by atoms with Crippen LogP contribution >= 0.6 is 0 Å². The van der Waals surface area contributed by atoms with Crippen LogP contribution in [-0.2, 0) is 12.8 Å². The van der Waals surface area contributed by atoms with E-state index in [-0.39, 0.29) is 12.1 Å². The number of benzene rings is 4. The Morgan fingerprint density at radius 3 is 1.38 bits per heavy atom. The smallest absolute Gasteiger partial charge is 0.323 e. The minimum atomic E-state index is -0.365. The molecule has 8 heteroatoms. The van der Waals surface area contributed by atoms with E-state index in [1.54, 1.807) is 26.4 Å². The molecular weight excluding hydrogens is 504 g/mol. The SMILES string of the molecule is CCc1cccc(NC(=O)Nc2ccc(-c3ccc(NC(=O)Nc4cccc(CC)c4)c(OC)c3)cc2OC)c1. The van der Waals surface area contributed by atoms with Gasteiger partial charge in [0.25, 0.3) is 0 Å². The van der Waals surface area contributed by atoms with Crippen molar-refractivity contribution in [2.75, 3.05) is 35.5 Å². The Bertz CT molecular complexity index is 1390. The molecule has 0 bridgehead atoms. The van der Waals surface area contributed by atoms with Gasteiger partial charge in [0, 0.05) is 11.4 Å². The average molecular weight is 539 g/mol. The van der Waals surface area contributed by atoms with Gasteiger partial charge in [0.2, 0.25) is 0 Å². The third-order valence-electron chi connectivity index (χ3n) is 6.42. The molecule has 8 nitrogen and oxygen atoms in total. The van der Waals surface area contributed by atoms with E-state index in [0.29, 0.717) is 22.9 Å². The van der Waals surface area contributed by atoms with Crippen LogP contribution in [0, 0.1) is 0 Å². The van der Waals surface area contributed by atoms with Gasteiger partial charge in [-0.2, -0.15) is 0 Å². The van der Waals surface area contributed by atoms with Crippen molar-refractivity contribution in [3.05, 3.63) is 96.1 Å². The van der Waals surface area contributed by atoms with Crippen LogP contribution in [0.15, 0.2) is 84.9 Å². The van der Waals surface area contributed by atoms with Crippen LogP contribution in [0.2, 0.25) is 0 Å². The Hall–Kier alpha value is -4.98. The third-order valence-corrected chi connectivity index (χ3v) is 6.42. The summed E-state index contributed by atoms with van der Waals surface area (Å²) in [6, 6.07) is 25.7. The van der Waals surface area contributed by atoms with E-state index in [0.717, 1.165) is 46.5 Å². The minimum absolute atomic E-state index is 0.365. The highest BCUT2D eigenvalue weighted by molar-refractivity contribution is 6.02. The molecule has 0 aromatic heterocycles. The molecule has 0 heterocycles. The molecule has 0 aliphatic heterocycles. The zero-order valence-electron chi connectivity index (χ0n) is 23.1. The number of amides is 4. The second-order valence-electron chi connectivity index (χ2n) is 9.10. The van der Waals surface area contributed by atoms with Crippen LogP contribution in [0.1, 0.15) is 25.0 Å². The highest BCUT2D eigenvalue weighted by Crippen LogP contribution is 2.35. The molecule has 4 amide bonds.